The Bertz CT molecular complexity index is 763. The van der Waals surface area contributed by atoms with E-state index in [4.69, 9.17) is 9.98 Å². The predicted octanol–water partition coefficient (Wildman–Crippen LogP) is 4.72. The molecule has 0 spiro atoms. The largest absolute Gasteiger partial charge is 0.507 e. The van der Waals surface area contributed by atoms with Gasteiger partial charge in [0.2, 0.25) is 0 Å². The van der Waals surface area contributed by atoms with E-state index in [0.29, 0.717) is 0 Å². The molecule has 1 aliphatic carbocycles. The number of aromatic hydroxyl groups is 2. The average Bonchev–Trinajstić information content (AvgIpc) is 2.64. The molecule has 0 aromatic heterocycles. The summed E-state index contributed by atoms with van der Waals surface area (Å²) < 4.78 is 0. The number of hydrogen-bond acceptors (Lipinski definition) is 4. The number of nitrogens with zero attached hydrogens (tertiary/aromatic N) is 2. The first-order valence-electron chi connectivity index (χ1n) is 9.22. The van der Waals surface area contributed by atoms with Gasteiger partial charge < -0.3 is 10.2 Å². The van der Waals surface area contributed by atoms with Gasteiger partial charge in [-0.2, -0.15) is 0 Å². The molecule has 0 saturated heterocycles. The van der Waals surface area contributed by atoms with E-state index < -0.39 is 0 Å². The second-order valence-electron chi connectivity index (χ2n) is 6.88. The van der Waals surface area contributed by atoms with Crippen LogP contribution in [0.2, 0.25) is 0 Å². The van der Waals surface area contributed by atoms with Crippen LogP contribution in [0.5, 0.6) is 11.5 Å². The summed E-state index contributed by atoms with van der Waals surface area (Å²) in [4.78, 5) is 9.81. The summed E-state index contributed by atoms with van der Waals surface area (Å²) in [6, 6.07) is 14.8. The Hall–Kier alpha value is -1.91. The molecule has 4 nitrogen and oxygen atoms in total. The Balaban J connectivity index is 0.00000261. The van der Waals surface area contributed by atoms with Crippen LogP contribution in [0.3, 0.4) is 0 Å². The van der Waals surface area contributed by atoms with E-state index >= 15 is 0 Å². The summed E-state index contributed by atoms with van der Waals surface area (Å²) in [6.07, 6.45) is 4.27. The van der Waals surface area contributed by atoms with Crippen molar-refractivity contribution in [2.45, 2.75) is 51.6 Å². The van der Waals surface area contributed by atoms with Crippen molar-refractivity contribution in [2.24, 2.45) is 9.98 Å². The maximum absolute atomic E-state index is 10.1. The molecule has 2 aromatic rings. The van der Waals surface area contributed by atoms with Crippen molar-refractivity contribution >= 4 is 11.4 Å². The van der Waals surface area contributed by atoms with Gasteiger partial charge in [-0.05, 0) is 51.0 Å². The first-order chi connectivity index (χ1) is 12.6. The van der Waals surface area contributed by atoms with E-state index in [1.165, 1.54) is 0 Å². The van der Waals surface area contributed by atoms with E-state index in [-0.39, 0.29) is 45.3 Å². The van der Waals surface area contributed by atoms with Gasteiger partial charge in [0, 0.05) is 44.3 Å². The fourth-order valence-electron chi connectivity index (χ4n) is 3.59. The minimum absolute atomic E-state index is 0. The Kier molecular flexibility index (Phi) is 7.82. The van der Waals surface area contributed by atoms with Crippen LogP contribution in [0.4, 0.5) is 0 Å². The van der Waals surface area contributed by atoms with Crippen LogP contribution in [-0.2, 0) is 21.7 Å². The average molecular weight is 398 g/mol. The predicted molar refractivity (Wildman–Crippen MR) is 107 cm³/mol. The summed E-state index contributed by atoms with van der Waals surface area (Å²) in [5.74, 6) is 0.519. The van der Waals surface area contributed by atoms with Gasteiger partial charge in [0.1, 0.15) is 11.5 Å². The van der Waals surface area contributed by atoms with Gasteiger partial charge >= 0.3 is 0 Å². The van der Waals surface area contributed by atoms with E-state index in [1.54, 1.807) is 12.1 Å². The molecule has 1 aliphatic rings. The van der Waals surface area contributed by atoms with Crippen LogP contribution in [0.15, 0.2) is 58.5 Å². The topological polar surface area (TPSA) is 65.2 Å². The number of benzene rings is 2. The van der Waals surface area contributed by atoms with Gasteiger partial charge in [0.05, 0.1) is 12.1 Å². The summed E-state index contributed by atoms with van der Waals surface area (Å²) >= 11 is 0. The van der Waals surface area contributed by atoms with Crippen LogP contribution in [0.1, 0.15) is 50.7 Å². The maximum Gasteiger partial charge on any atom is 0.124 e. The Morgan fingerprint density at radius 1 is 0.741 bits per heavy atom. The maximum atomic E-state index is 10.1. The van der Waals surface area contributed by atoms with Crippen molar-refractivity contribution in [1.82, 2.24) is 0 Å². The van der Waals surface area contributed by atoms with Crippen molar-refractivity contribution in [3.63, 3.8) is 0 Å². The molecule has 0 radical (unpaired) electrons. The van der Waals surface area contributed by atoms with Crippen molar-refractivity contribution in [1.29, 1.82) is 0 Å². The molecule has 0 bridgehead atoms. The van der Waals surface area contributed by atoms with Crippen LogP contribution in [0, 0.1) is 0 Å². The van der Waals surface area contributed by atoms with Crippen LogP contribution < -0.4 is 0 Å². The van der Waals surface area contributed by atoms with Crippen LogP contribution in [0.25, 0.3) is 0 Å². The molecule has 5 heteroatoms. The Labute approximate surface area is 176 Å². The van der Waals surface area contributed by atoms with Gasteiger partial charge in [0.25, 0.3) is 0 Å². The van der Waals surface area contributed by atoms with E-state index in [0.717, 1.165) is 48.2 Å². The molecule has 2 aromatic carbocycles. The first kappa shape index (κ1) is 21.4. The summed E-state index contributed by atoms with van der Waals surface area (Å²) in [5, 5.41) is 20.1. The molecular formula is C22H26N2O2Ti. The van der Waals surface area contributed by atoms with Gasteiger partial charge in [-0.1, -0.05) is 37.1 Å². The van der Waals surface area contributed by atoms with Crippen molar-refractivity contribution < 1.29 is 31.9 Å². The molecule has 0 aliphatic heterocycles. The Morgan fingerprint density at radius 2 is 1.11 bits per heavy atom. The normalized spacial score (nSPS) is 20.8. The Morgan fingerprint density at radius 3 is 1.48 bits per heavy atom. The second-order valence-corrected chi connectivity index (χ2v) is 6.88. The smallest absolute Gasteiger partial charge is 0.124 e. The van der Waals surface area contributed by atoms with Gasteiger partial charge in [0.15, 0.2) is 0 Å². The van der Waals surface area contributed by atoms with Gasteiger partial charge in [-0.25, -0.2) is 0 Å². The van der Waals surface area contributed by atoms with Gasteiger partial charge in [-0.15, -0.1) is 0 Å². The van der Waals surface area contributed by atoms with Gasteiger partial charge in [-0.3, -0.25) is 9.98 Å². The number of para-hydroxylation sites is 2. The molecule has 1 fully saturated rings. The fraction of sp³-hybridized carbons (Fsp3) is 0.364. The van der Waals surface area contributed by atoms with E-state index in [2.05, 4.69) is 0 Å². The molecule has 3 rings (SSSR count). The van der Waals surface area contributed by atoms with Crippen LogP contribution in [-0.4, -0.2) is 33.7 Å². The molecule has 2 unspecified atom stereocenters. The molecule has 140 valence electrons. The SMILES string of the molecule is CC(=NC1CCCCC1N=C(C)c1ccccc1O)c1ccccc1O.[Ti]. The first-order valence-corrected chi connectivity index (χ1v) is 9.22. The molecule has 1 saturated carbocycles. The summed E-state index contributed by atoms with van der Waals surface area (Å²) in [7, 11) is 0. The fourth-order valence-corrected chi connectivity index (χ4v) is 3.59. The molecule has 27 heavy (non-hydrogen) atoms. The van der Waals surface area contributed by atoms with Crippen molar-refractivity contribution in [2.75, 3.05) is 0 Å². The van der Waals surface area contributed by atoms with Crippen molar-refractivity contribution in [3.05, 3.63) is 59.7 Å². The third-order valence-electron chi connectivity index (χ3n) is 5.00. The summed E-state index contributed by atoms with van der Waals surface area (Å²) in [5.41, 5.74) is 3.24. The molecule has 0 amide bonds. The van der Waals surface area contributed by atoms with E-state index in [9.17, 15) is 10.2 Å². The molecule has 2 N–H and O–H groups in total. The number of phenols is 2. The second kappa shape index (κ2) is 9.86. The monoisotopic (exact) mass is 398 g/mol. The molecule has 2 atom stereocenters. The zero-order chi connectivity index (χ0) is 18.5. The molecular weight excluding hydrogens is 372 g/mol. The number of aliphatic imine (C=N–C) groups is 2. The third kappa shape index (κ3) is 5.30. The van der Waals surface area contributed by atoms with Crippen molar-refractivity contribution in [3.8, 4) is 11.5 Å². The quantitative estimate of drug-likeness (QED) is 0.578. The zero-order valence-electron chi connectivity index (χ0n) is 15.9. The minimum Gasteiger partial charge on any atom is -0.507 e. The number of phenolic OH excluding ortho intramolecular Hbond substituents is 2. The minimum atomic E-state index is 0. The number of rotatable bonds is 4. The number of hydrogen-bond donors (Lipinski definition) is 2. The molecule has 0 heterocycles. The standard InChI is InChI=1S/C22H26N2O2.Ti/c1-15(17-9-3-7-13-21(17)25)23-19-11-5-6-12-20(19)24-16(2)18-10-4-8-14-22(18)26;/h3-4,7-10,13-14,19-20,25-26H,5-6,11-12H2,1-2H3;. The zero-order valence-corrected chi connectivity index (χ0v) is 17.5. The summed E-state index contributed by atoms with van der Waals surface area (Å²) in [6.45, 7) is 3.89. The third-order valence-corrected chi connectivity index (χ3v) is 5.00. The van der Waals surface area contributed by atoms with Crippen LogP contribution >= 0.6 is 0 Å². The van der Waals surface area contributed by atoms with E-state index in [1.807, 2.05) is 50.2 Å².